The topological polar surface area (TPSA) is 136 Å². The molecule has 0 heterocycles. The maximum Gasteiger partial charge on any atom is 0.330 e. The van der Waals surface area contributed by atoms with Crippen molar-refractivity contribution in [3.8, 4) is 5.75 Å². The first-order valence-electron chi connectivity index (χ1n) is 10.9. The van der Waals surface area contributed by atoms with Gasteiger partial charge in [-0.3, -0.25) is 14.4 Å². The van der Waals surface area contributed by atoms with E-state index in [1.165, 1.54) is 0 Å². The summed E-state index contributed by atoms with van der Waals surface area (Å²) in [5, 5.41) is 18.8. The van der Waals surface area contributed by atoms with Crippen molar-refractivity contribution in [2.45, 2.75) is 19.3 Å². The summed E-state index contributed by atoms with van der Waals surface area (Å²) in [6.07, 6.45) is 0.0397. The fourth-order valence-corrected chi connectivity index (χ4v) is 3.33. The molecular formula is C26H28O9. The van der Waals surface area contributed by atoms with Gasteiger partial charge in [-0.1, -0.05) is 36.9 Å². The summed E-state index contributed by atoms with van der Waals surface area (Å²) < 4.78 is 15.9. The van der Waals surface area contributed by atoms with E-state index in [9.17, 15) is 24.3 Å². The van der Waals surface area contributed by atoms with Gasteiger partial charge in [0.1, 0.15) is 12.4 Å². The number of esters is 1. The lowest BCUT2D eigenvalue weighted by Gasteiger charge is -2.27. The standard InChI is InChI=1S/C26H28O9/c1-2-23(29)35-15-13-26(25(31)32,18-22(27)28)12-14-33-16-17-34-21-10-8-20(9-11-21)24(30)19-6-4-3-5-7-19/h2-11H,1,12-18H2,(H,27,28)(H,31,32). The molecule has 0 fully saturated rings. The monoisotopic (exact) mass is 484 g/mol. The first kappa shape index (κ1) is 27.3. The first-order chi connectivity index (χ1) is 16.8. The SMILES string of the molecule is C=CC(=O)OCCC(CCOCCOc1ccc(C(=O)c2ccccc2)cc1)(CC(=O)O)C(=O)O. The van der Waals surface area contributed by atoms with Crippen molar-refractivity contribution >= 4 is 23.7 Å². The highest BCUT2D eigenvalue weighted by atomic mass is 16.5. The van der Waals surface area contributed by atoms with E-state index in [-0.39, 0.29) is 45.1 Å². The molecule has 0 bridgehead atoms. The molecule has 0 saturated heterocycles. The van der Waals surface area contributed by atoms with E-state index in [2.05, 4.69) is 6.58 Å². The lowest BCUT2D eigenvalue weighted by molar-refractivity contribution is -0.159. The quantitative estimate of drug-likeness (QED) is 0.159. The zero-order valence-corrected chi connectivity index (χ0v) is 19.2. The summed E-state index contributed by atoms with van der Waals surface area (Å²) >= 11 is 0. The summed E-state index contributed by atoms with van der Waals surface area (Å²) in [5.74, 6) is -2.86. The minimum Gasteiger partial charge on any atom is -0.491 e. The molecule has 0 amide bonds. The fraction of sp³-hybridized carbons (Fsp3) is 0.308. The van der Waals surface area contributed by atoms with Crippen molar-refractivity contribution in [3.05, 3.63) is 78.4 Å². The predicted octanol–water partition coefficient (Wildman–Crippen LogP) is 3.37. The number of aliphatic carboxylic acids is 2. The maximum atomic E-state index is 12.4. The van der Waals surface area contributed by atoms with Crippen LogP contribution in [-0.4, -0.2) is 60.3 Å². The highest BCUT2D eigenvalue weighted by Gasteiger charge is 2.40. The van der Waals surface area contributed by atoms with Crippen LogP contribution in [0.2, 0.25) is 0 Å². The molecule has 0 aliphatic carbocycles. The third-order valence-electron chi connectivity index (χ3n) is 5.31. The lowest BCUT2D eigenvalue weighted by atomic mass is 9.78. The zero-order valence-electron chi connectivity index (χ0n) is 19.2. The predicted molar refractivity (Wildman–Crippen MR) is 125 cm³/mol. The molecule has 1 unspecified atom stereocenters. The summed E-state index contributed by atoms with van der Waals surface area (Å²) in [4.78, 5) is 46.7. The summed E-state index contributed by atoms with van der Waals surface area (Å²) in [5.41, 5.74) is -0.522. The van der Waals surface area contributed by atoms with Gasteiger partial charge in [-0.25, -0.2) is 4.79 Å². The smallest absolute Gasteiger partial charge is 0.330 e. The largest absolute Gasteiger partial charge is 0.491 e. The number of ketones is 1. The van der Waals surface area contributed by atoms with Gasteiger partial charge in [-0.05, 0) is 37.1 Å². The van der Waals surface area contributed by atoms with Crippen LogP contribution in [0.25, 0.3) is 0 Å². The maximum absolute atomic E-state index is 12.4. The molecule has 35 heavy (non-hydrogen) atoms. The third kappa shape index (κ3) is 8.71. The van der Waals surface area contributed by atoms with Gasteiger partial charge >= 0.3 is 17.9 Å². The van der Waals surface area contributed by atoms with Crippen LogP contribution in [-0.2, 0) is 23.9 Å². The van der Waals surface area contributed by atoms with Gasteiger partial charge in [-0.15, -0.1) is 0 Å². The molecule has 0 radical (unpaired) electrons. The molecule has 2 aromatic rings. The second-order valence-electron chi connectivity index (χ2n) is 7.71. The number of carbonyl (C=O) groups excluding carboxylic acids is 2. The first-order valence-corrected chi connectivity index (χ1v) is 10.9. The van der Waals surface area contributed by atoms with Crippen molar-refractivity contribution in [3.63, 3.8) is 0 Å². The van der Waals surface area contributed by atoms with Crippen LogP contribution in [0.15, 0.2) is 67.3 Å². The lowest BCUT2D eigenvalue weighted by Crippen LogP contribution is -2.36. The molecule has 1 atom stereocenters. The Morgan fingerprint density at radius 1 is 0.829 bits per heavy atom. The van der Waals surface area contributed by atoms with E-state index in [0.29, 0.717) is 16.9 Å². The highest BCUT2D eigenvalue weighted by molar-refractivity contribution is 6.08. The molecule has 0 aromatic heterocycles. The van der Waals surface area contributed by atoms with Gasteiger partial charge in [0, 0.05) is 23.8 Å². The number of benzene rings is 2. The van der Waals surface area contributed by atoms with E-state index >= 15 is 0 Å². The van der Waals surface area contributed by atoms with Crippen LogP contribution in [0.4, 0.5) is 0 Å². The molecule has 0 spiro atoms. The van der Waals surface area contributed by atoms with E-state index in [4.69, 9.17) is 19.3 Å². The molecule has 2 aromatic carbocycles. The molecule has 186 valence electrons. The Hall–Kier alpha value is -3.98. The Labute approximate surface area is 202 Å². The average molecular weight is 485 g/mol. The van der Waals surface area contributed by atoms with Crippen molar-refractivity contribution in [2.24, 2.45) is 5.41 Å². The number of ether oxygens (including phenoxy) is 3. The van der Waals surface area contributed by atoms with Crippen LogP contribution < -0.4 is 4.74 Å². The molecular weight excluding hydrogens is 456 g/mol. The van der Waals surface area contributed by atoms with Gasteiger partial charge in [0.2, 0.25) is 0 Å². The highest BCUT2D eigenvalue weighted by Crippen LogP contribution is 2.32. The van der Waals surface area contributed by atoms with Crippen molar-refractivity contribution < 1.29 is 43.6 Å². The summed E-state index contributed by atoms with van der Waals surface area (Å²) in [6, 6.07) is 15.6. The molecule has 0 aliphatic heterocycles. The molecule has 2 N–H and O–H groups in total. The van der Waals surface area contributed by atoms with Crippen LogP contribution in [0.5, 0.6) is 5.75 Å². The van der Waals surface area contributed by atoms with Gasteiger partial charge in [-0.2, -0.15) is 0 Å². The van der Waals surface area contributed by atoms with Crippen LogP contribution in [0.3, 0.4) is 0 Å². The van der Waals surface area contributed by atoms with Crippen LogP contribution in [0, 0.1) is 5.41 Å². The molecule has 2 rings (SSSR count). The fourth-order valence-electron chi connectivity index (χ4n) is 3.33. The third-order valence-corrected chi connectivity index (χ3v) is 5.31. The Morgan fingerprint density at radius 3 is 2.06 bits per heavy atom. The minimum atomic E-state index is -1.64. The number of hydrogen-bond donors (Lipinski definition) is 2. The Balaban J connectivity index is 1.80. The van der Waals surface area contributed by atoms with Crippen molar-refractivity contribution in [1.29, 1.82) is 0 Å². The molecule has 0 saturated carbocycles. The number of rotatable bonds is 16. The Kier molecular flexibility index (Phi) is 10.6. The van der Waals surface area contributed by atoms with Crippen molar-refractivity contribution in [2.75, 3.05) is 26.4 Å². The number of carboxylic acid groups (broad SMARTS) is 2. The van der Waals surface area contributed by atoms with E-state index in [1.54, 1.807) is 48.5 Å². The van der Waals surface area contributed by atoms with Crippen molar-refractivity contribution in [1.82, 2.24) is 0 Å². The van der Waals surface area contributed by atoms with Gasteiger partial charge in [0.15, 0.2) is 5.78 Å². The molecule has 9 nitrogen and oxygen atoms in total. The van der Waals surface area contributed by atoms with Crippen LogP contribution >= 0.6 is 0 Å². The Bertz CT molecular complexity index is 1010. The average Bonchev–Trinajstić information content (AvgIpc) is 2.85. The van der Waals surface area contributed by atoms with E-state index in [1.807, 2.05) is 6.07 Å². The van der Waals surface area contributed by atoms with Gasteiger partial charge < -0.3 is 24.4 Å². The van der Waals surface area contributed by atoms with E-state index < -0.39 is 29.7 Å². The molecule has 0 aliphatic rings. The Morgan fingerprint density at radius 2 is 1.46 bits per heavy atom. The second kappa shape index (κ2) is 13.7. The number of carboxylic acids is 2. The number of carbonyl (C=O) groups is 4. The summed E-state index contributed by atoms with van der Waals surface area (Å²) in [6.45, 7) is 3.28. The van der Waals surface area contributed by atoms with E-state index in [0.717, 1.165) is 6.08 Å². The van der Waals surface area contributed by atoms with Gasteiger partial charge in [0.25, 0.3) is 0 Å². The van der Waals surface area contributed by atoms with Crippen LogP contribution in [0.1, 0.15) is 35.2 Å². The minimum absolute atomic E-state index is 0.0249. The summed E-state index contributed by atoms with van der Waals surface area (Å²) in [7, 11) is 0. The second-order valence-corrected chi connectivity index (χ2v) is 7.71. The normalized spacial score (nSPS) is 12.2. The zero-order chi connectivity index (χ0) is 25.7. The van der Waals surface area contributed by atoms with Gasteiger partial charge in [0.05, 0.1) is 25.0 Å². The molecule has 9 heteroatoms. The number of hydrogen-bond acceptors (Lipinski definition) is 7.